The molecule has 1 aromatic heterocycles. The maximum Gasteiger partial charge on any atom is 0.161 e. The minimum Gasteiger partial charge on any atom is -0.318 e. The second-order valence-electron chi connectivity index (χ2n) is 2.23. The lowest BCUT2D eigenvalue weighted by Gasteiger charge is -1.96. The fourth-order valence-corrected chi connectivity index (χ4v) is 1.03. The van der Waals surface area contributed by atoms with Crippen molar-refractivity contribution >= 4 is 30.2 Å². The van der Waals surface area contributed by atoms with Gasteiger partial charge in [0.25, 0.3) is 0 Å². The molecular formula is C7H10N4S. The molecular weight excluding hydrogens is 172 g/mol. The highest BCUT2D eigenvalue weighted by Gasteiger charge is 2.09. The molecule has 0 amide bonds. The van der Waals surface area contributed by atoms with E-state index in [-0.39, 0.29) is 0 Å². The van der Waals surface area contributed by atoms with Gasteiger partial charge in [0.1, 0.15) is 10.7 Å². The van der Waals surface area contributed by atoms with Gasteiger partial charge in [0, 0.05) is 14.1 Å². The number of thiol groups is 1. The van der Waals surface area contributed by atoms with Crippen molar-refractivity contribution in [3.8, 4) is 0 Å². The fraction of sp³-hybridized carbons (Fsp3) is 0.286. The van der Waals surface area contributed by atoms with E-state index in [0.717, 1.165) is 0 Å². The molecule has 0 unspecified atom stereocenters. The minimum absolute atomic E-state index is 0.568. The summed E-state index contributed by atoms with van der Waals surface area (Å²) in [4.78, 5) is 11.8. The number of aliphatic imine (C=N–C) groups is 2. The first-order valence-corrected chi connectivity index (χ1v) is 3.79. The van der Waals surface area contributed by atoms with Crippen LogP contribution >= 0.6 is 12.6 Å². The van der Waals surface area contributed by atoms with Crippen molar-refractivity contribution in [3.05, 3.63) is 12.0 Å². The van der Waals surface area contributed by atoms with Crippen molar-refractivity contribution in [2.45, 2.75) is 0 Å². The highest BCUT2D eigenvalue weighted by molar-refractivity contribution is 7.97. The summed E-state index contributed by atoms with van der Waals surface area (Å²) in [7, 11) is 3.50. The normalized spacial score (nSPS) is 11.8. The zero-order valence-electron chi connectivity index (χ0n) is 7.02. The Labute approximate surface area is 76.5 Å². The molecule has 64 valence electrons. The van der Waals surface area contributed by atoms with Crippen LogP contribution < -0.4 is 0 Å². The first-order chi connectivity index (χ1) is 5.70. The Morgan fingerprint density at radius 3 is 2.92 bits per heavy atom. The summed E-state index contributed by atoms with van der Waals surface area (Å²) in [5.74, 6) is 0.686. The average molecular weight is 182 g/mol. The molecule has 0 fully saturated rings. The van der Waals surface area contributed by atoms with Gasteiger partial charge in [-0.05, 0) is 6.72 Å². The molecule has 12 heavy (non-hydrogen) atoms. The van der Waals surface area contributed by atoms with E-state index in [1.54, 1.807) is 17.9 Å². The van der Waals surface area contributed by atoms with E-state index >= 15 is 0 Å². The van der Waals surface area contributed by atoms with E-state index in [9.17, 15) is 0 Å². The number of nitrogens with zero attached hydrogens (tertiary/aromatic N) is 4. The maximum atomic E-state index is 4.14. The van der Waals surface area contributed by atoms with E-state index in [0.29, 0.717) is 16.6 Å². The van der Waals surface area contributed by atoms with Crippen molar-refractivity contribution in [3.63, 3.8) is 0 Å². The smallest absolute Gasteiger partial charge is 0.161 e. The summed E-state index contributed by atoms with van der Waals surface area (Å²) in [6.07, 6.45) is 1.65. The van der Waals surface area contributed by atoms with E-state index in [2.05, 4.69) is 34.3 Å². The van der Waals surface area contributed by atoms with Gasteiger partial charge in [0.2, 0.25) is 0 Å². The zero-order chi connectivity index (χ0) is 9.14. The van der Waals surface area contributed by atoms with Gasteiger partial charge in [-0.15, -0.1) is 12.6 Å². The van der Waals surface area contributed by atoms with Crippen molar-refractivity contribution in [1.29, 1.82) is 0 Å². The van der Waals surface area contributed by atoms with Gasteiger partial charge < -0.3 is 4.57 Å². The van der Waals surface area contributed by atoms with Crippen molar-refractivity contribution in [2.24, 2.45) is 17.0 Å². The number of aromatic nitrogens is 2. The highest BCUT2D eigenvalue weighted by atomic mass is 32.1. The molecule has 4 nitrogen and oxygen atoms in total. The van der Waals surface area contributed by atoms with Gasteiger partial charge in [-0.25, -0.2) is 9.98 Å². The topological polar surface area (TPSA) is 42.5 Å². The maximum absolute atomic E-state index is 4.14. The molecule has 0 saturated carbocycles. The van der Waals surface area contributed by atoms with Crippen LogP contribution in [0.4, 0.5) is 5.82 Å². The molecule has 0 aliphatic rings. The minimum atomic E-state index is 0.568. The number of aryl methyl sites for hydroxylation is 1. The van der Waals surface area contributed by atoms with Gasteiger partial charge in [-0.3, -0.25) is 4.99 Å². The summed E-state index contributed by atoms with van der Waals surface area (Å²) in [6.45, 7) is 3.44. The standard InChI is InChI=1S/C7H10N4S/c1-8-6-5(7(12)9-2)10-4-11(6)3/h4H,1H2,2-3H3,(H,9,12). The third-order valence-electron chi connectivity index (χ3n) is 1.48. The summed E-state index contributed by atoms with van der Waals surface area (Å²) in [6, 6.07) is 0. The molecule has 0 aliphatic carbocycles. The molecule has 1 aromatic rings. The number of hydrogen-bond acceptors (Lipinski definition) is 3. The Bertz CT molecular complexity index is 326. The fourth-order valence-electron chi connectivity index (χ4n) is 0.874. The summed E-state index contributed by atoms with van der Waals surface area (Å²) in [5, 5.41) is 0.568. The van der Waals surface area contributed by atoms with Gasteiger partial charge in [0.15, 0.2) is 5.82 Å². The second-order valence-corrected chi connectivity index (χ2v) is 2.66. The van der Waals surface area contributed by atoms with Crippen molar-refractivity contribution in [1.82, 2.24) is 9.55 Å². The van der Waals surface area contributed by atoms with E-state index in [1.807, 2.05) is 7.05 Å². The third-order valence-corrected chi connectivity index (χ3v) is 1.89. The van der Waals surface area contributed by atoms with Gasteiger partial charge in [-0.2, -0.15) is 0 Å². The molecule has 0 saturated heterocycles. The Hall–Kier alpha value is -1.10. The quantitative estimate of drug-likeness (QED) is 0.415. The molecule has 0 radical (unpaired) electrons. The lowest BCUT2D eigenvalue weighted by Crippen LogP contribution is -1.92. The summed E-state index contributed by atoms with van der Waals surface area (Å²) < 4.78 is 1.77. The van der Waals surface area contributed by atoms with Crippen LogP contribution in [-0.4, -0.2) is 28.4 Å². The molecule has 0 N–H and O–H groups in total. The van der Waals surface area contributed by atoms with Gasteiger partial charge in [0.05, 0.1) is 6.33 Å². The van der Waals surface area contributed by atoms with Crippen LogP contribution in [0.2, 0.25) is 0 Å². The van der Waals surface area contributed by atoms with Crippen LogP contribution in [0.15, 0.2) is 16.3 Å². The number of rotatable bonds is 2. The first kappa shape index (κ1) is 8.99. The van der Waals surface area contributed by atoms with Gasteiger partial charge >= 0.3 is 0 Å². The van der Waals surface area contributed by atoms with E-state index in [4.69, 9.17) is 0 Å². The van der Waals surface area contributed by atoms with Gasteiger partial charge in [-0.1, -0.05) is 0 Å². The van der Waals surface area contributed by atoms with Crippen LogP contribution in [0.25, 0.3) is 0 Å². The van der Waals surface area contributed by atoms with Crippen molar-refractivity contribution < 1.29 is 0 Å². The Kier molecular flexibility index (Phi) is 2.65. The largest absolute Gasteiger partial charge is 0.318 e. The van der Waals surface area contributed by atoms with Crippen LogP contribution in [-0.2, 0) is 7.05 Å². The first-order valence-electron chi connectivity index (χ1n) is 3.35. The Morgan fingerprint density at radius 1 is 1.75 bits per heavy atom. The van der Waals surface area contributed by atoms with Crippen LogP contribution in [0.1, 0.15) is 5.69 Å². The van der Waals surface area contributed by atoms with E-state index < -0.39 is 0 Å². The van der Waals surface area contributed by atoms with Crippen LogP contribution in [0, 0.1) is 0 Å². The molecule has 0 aromatic carbocycles. The molecule has 1 heterocycles. The lowest BCUT2D eigenvalue weighted by molar-refractivity contribution is 0.913. The predicted octanol–water partition coefficient (Wildman–Crippen LogP) is 1.06. The molecule has 5 heteroatoms. The monoisotopic (exact) mass is 182 g/mol. The molecule has 0 spiro atoms. The average Bonchev–Trinajstić information content (AvgIpc) is 2.45. The molecule has 1 rings (SSSR count). The number of hydrogen-bond donors (Lipinski definition) is 1. The second kappa shape index (κ2) is 3.53. The summed E-state index contributed by atoms with van der Waals surface area (Å²) in [5.41, 5.74) is 0.665. The SMILES string of the molecule is C=Nc1c(/C(S)=N\C)ncn1C. The summed E-state index contributed by atoms with van der Waals surface area (Å²) >= 11 is 4.14. The van der Waals surface area contributed by atoms with Crippen LogP contribution in [0.3, 0.4) is 0 Å². The molecule has 0 bridgehead atoms. The zero-order valence-corrected chi connectivity index (χ0v) is 7.91. The molecule has 0 atom stereocenters. The Morgan fingerprint density at radius 2 is 2.42 bits per heavy atom. The number of imidazole rings is 1. The predicted molar refractivity (Wildman–Crippen MR) is 53.9 cm³/mol. The van der Waals surface area contributed by atoms with Crippen LogP contribution in [0.5, 0.6) is 0 Å². The Balaban J connectivity index is 3.24. The highest BCUT2D eigenvalue weighted by Crippen LogP contribution is 2.17. The van der Waals surface area contributed by atoms with E-state index in [1.165, 1.54) is 0 Å². The third kappa shape index (κ3) is 1.40. The lowest BCUT2D eigenvalue weighted by atomic mass is 10.4. The molecule has 0 aliphatic heterocycles. The van der Waals surface area contributed by atoms with Crippen molar-refractivity contribution in [2.75, 3.05) is 7.05 Å².